The number of anilines is 5. The summed E-state index contributed by atoms with van der Waals surface area (Å²) < 4.78 is 0. The smallest absolute Gasteiger partial charge is 0.323 e. The first-order valence-corrected chi connectivity index (χ1v) is 14.6. The predicted molar refractivity (Wildman–Crippen MR) is 177 cm³/mol. The minimum Gasteiger partial charge on any atom is -0.369 e. The van der Waals surface area contributed by atoms with Crippen molar-refractivity contribution in [2.45, 2.75) is 0 Å². The molecule has 0 atom stereocenters. The molecule has 4 aromatic carbocycles. The van der Waals surface area contributed by atoms with Gasteiger partial charge in [0, 0.05) is 82.5 Å². The Hall–Kier alpha value is -5.12. The molecule has 2 aliphatic rings. The summed E-state index contributed by atoms with van der Waals surface area (Å²) in [7, 11) is 2.14. The largest absolute Gasteiger partial charge is 0.369 e. The third-order valence-electron chi connectivity index (χ3n) is 7.67. The molecule has 0 bridgehead atoms. The van der Waals surface area contributed by atoms with Crippen LogP contribution in [0.5, 0.6) is 0 Å². The summed E-state index contributed by atoms with van der Waals surface area (Å²) in [5, 5.41) is 12.1. The predicted octanol–water partition coefficient (Wildman–Crippen LogP) is 6.37. The zero-order chi connectivity index (χ0) is 30.6. The molecule has 0 spiro atoms. The Bertz CT molecular complexity index is 1750. The Labute approximate surface area is 260 Å². The number of halogens is 1. The van der Waals surface area contributed by atoms with E-state index >= 15 is 0 Å². The van der Waals surface area contributed by atoms with E-state index in [2.05, 4.69) is 50.2 Å². The Morgan fingerprint density at radius 1 is 0.795 bits per heavy atom. The molecule has 1 fully saturated rings. The molecule has 0 saturated carbocycles. The highest BCUT2D eigenvalue weighted by atomic mass is 35.5. The van der Waals surface area contributed by atoms with E-state index in [4.69, 9.17) is 11.6 Å². The molecule has 0 unspecified atom stereocenters. The van der Waals surface area contributed by atoms with E-state index in [0.717, 1.165) is 31.9 Å². The Morgan fingerprint density at radius 3 is 2.23 bits per heavy atom. The van der Waals surface area contributed by atoms with Gasteiger partial charge >= 0.3 is 6.03 Å². The van der Waals surface area contributed by atoms with Crippen LogP contribution >= 0.6 is 11.6 Å². The molecule has 1 saturated heterocycles. The number of carbonyl (C=O) groups excluding carboxylic acids is 3. The average Bonchev–Trinajstić information content (AvgIpc) is 3.35. The van der Waals surface area contributed by atoms with E-state index < -0.39 is 6.03 Å². The van der Waals surface area contributed by atoms with Crippen molar-refractivity contribution in [3.05, 3.63) is 119 Å². The maximum absolute atomic E-state index is 13.4. The highest BCUT2D eigenvalue weighted by Gasteiger charge is 2.25. The molecular formula is C34H31ClN6O3. The molecular weight excluding hydrogens is 576 g/mol. The van der Waals surface area contributed by atoms with E-state index in [0.29, 0.717) is 44.3 Å². The highest BCUT2D eigenvalue weighted by Crippen LogP contribution is 2.33. The van der Waals surface area contributed by atoms with Gasteiger partial charge in [-0.25, -0.2) is 4.79 Å². The summed E-state index contributed by atoms with van der Waals surface area (Å²) in [6.45, 7) is 4.09. The van der Waals surface area contributed by atoms with E-state index in [1.54, 1.807) is 72.9 Å². The molecule has 2 aliphatic heterocycles. The molecule has 9 nitrogen and oxygen atoms in total. The molecule has 10 heteroatoms. The number of fused-ring (bicyclic) bond motifs is 1. The molecule has 222 valence electrons. The lowest BCUT2D eigenvalue weighted by Gasteiger charge is -2.34. The lowest BCUT2D eigenvalue weighted by atomic mass is 9.99. The van der Waals surface area contributed by atoms with Gasteiger partial charge < -0.3 is 31.1 Å². The number of nitrogens with zero attached hydrogens (tertiary/aromatic N) is 2. The summed E-state index contributed by atoms with van der Waals surface area (Å²) >= 11 is 5.90. The average molecular weight is 607 g/mol. The molecule has 0 radical (unpaired) electrons. The third kappa shape index (κ3) is 6.59. The van der Waals surface area contributed by atoms with Gasteiger partial charge in [-0.15, -0.1) is 0 Å². The van der Waals surface area contributed by atoms with Crippen molar-refractivity contribution in [1.29, 1.82) is 0 Å². The van der Waals surface area contributed by atoms with Crippen LogP contribution in [0.4, 0.5) is 33.2 Å². The summed E-state index contributed by atoms with van der Waals surface area (Å²) in [5.41, 5.74) is 5.68. The third-order valence-corrected chi connectivity index (χ3v) is 7.92. The van der Waals surface area contributed by atoms with Crippen molar-refractivity contribution < 1.29 is 14.4 Å². The number of hydrogen-bond acceptors (Lipinski definition) is 6. The number of hydrogen-bond donors (Lipinski definition) is 4. The molecule has 0 aromatic heterocycles. The van der Waals surface area contributed by atoms with Crippen molar-refractivity contribution in [2.24, 2.45) is 0 Å². The SMILES string of the molecule is CN1CCN(c2ccc(N/C=C3/C(=O)Nc4cc(C(=O)c5cccc(NC(=O)Nc6ccc(Cl)cc6)c5)ccc43)cc2)CC1. The fourth-order valence-electron chi connectivity index (χ4n) is 5.20. The maximum Gasteiger partial charge on any atom is 0.323 e. The summed E-state index contributed by atoms with van der Waals surface area (Å²) in [6.07, 6.45) is 1.69. The first kappa shape index (κ1) is 29.0. The van der Waals surface area contributed by atoms with Crippen LogP contribution in [0.1, 0.15) is 21.5 Å². The van der Waals surface area contributed by atoms with Gasteiger partial charge in [-0.1, -0.05) is 35.9 Å². The Kier molecular flexibility index (Phi) is 8.31. The van der Waals surface area contributed by atoms with Gasteiger partial charge in [0.15, 0.2) is 5.78 Å². The van der Waals surface area contributed by atoms with Crippen LogP contribution in [0.2, 0.25) is 5.02 Å². The monoisotopic (exact) mass is 606 g/mol. The molecule has 4 aromatic rings. The van der Waals surface area contributed by atoms with Crippen LogP contribution in [0.15, 0.2) is 97.2 Å². The second-order valence-electron chi connectivity index (χ2n) is 10.7. The fourth-order valence-corrected chi connectivity index (χ4v) is 5.33. The van der Waals surface area contributed by atoms with E-state index in [9.17, 15) is 14.4 Å². The van der Waals surface area contributed by atoms with Crippen LogP contribution in [0, 0.1) is 0 Å². The van der Waals surface area contributed by atoms with Gasteiger partial charge in [0.1, 0.15) is 0 Å². The lowest BCUT2D eigenvalue weighted by Crippen LogP contribution is -2.44. The van der Waals surface area contributed by atoms with Crippen LogP contribution in [-0.4, -0.2) is 55.8 Å². The summed E-state index contributed by atoms with van der Waals surface area (Å²) in [6, 6.07) is 26.3. The van der Waals surface area contributed by atoms with Crippen LogP contribution < -0.4 is 26.2 Å². The van der Waals surface area contributed by atoms with Gasteiger partial charge in [0.05, 0.1) is 5.57 Å². The maximum atomic E-state index is 13.4. The van der Waals surface area contributed by atoms with Crippen LogP contribution in [-0.2, 0) is 4.79 Å². The molecule has 2 heterocycles. The normalized spacial score (nSPS) is 15.5. The molecule has 4 N–H and O–H groups in total. The van der Waals surface area contributed by atoms with Gasteiger partial charge in [0.2, 0.25) is 0 Å². The quantitative estimate of drug-likeness (QED) is 0.144. The lowest BCUT2D eigenvalue weighted by molar-refractivity contribution is -0.110. The first-order chi connectivity index (χ1) is 21.3. The fraction of sp³-hybridized carbons (Fsp3) is 0.147. The van der Waals surface area contributed by atoms with Crippen LogP contribution in [0.25, 0.3) is 5.57 Å². The molecule has 44 heavy (non-hydrogen) atoms. The van der Waals surface area contributed by atoms with Gasteiger partial charge in [0.25, 0.3) is 5.91 Å². The van der Waals surface area contributed by atoms with E-state index in [-0.39, 0.29) is 11.7 Å². The highest BCUT2D eigenvalue weighted by molar-refractivity contribution is 6.32. The Morgan fingerprint density at radius 2 is 1.48 bits per heavy atom. The van der Waals surface area contributed by atoms with Crippen molar-refractivity contribution >= 4 is 63.3 Å². The van der Waals surface area contributed by atoms with E-state index in [1.807, 2.05) is 12.1 Å². The number of likely N-dealkylation sites (N-methyl/N-ethyl adjacent to an activating group) is 1. The molecule has 3 amide bonds. The molecule has 0 aliphatic carbocycles. The van der Waals surface area contributed by atoms with Gasteiger partial charge in [-0.05, 0) is 73.8 Å². The number of amides is 3. The van der Waals surface area contributed by atoms with Gasteiger partial charge in [-0.3, -0.25) is 9.59 Å². The van der Waals surface area contributed by atoms with Crippen molar-refractivity contribution in [2.75, 3.05) is 59.4 Å². The summed E-state index contributed by atoms with van der Waals surface area (Å²) in [5.74, 6) is -0.483. The zero-order valence-corrected chi connectivity index (χ0v) is 24.8. The second-order valence-corrected chi connectivity index (χ2v) is 11.2. The number of urea groups is 1. The Balaban J connectivity index is 1.11. The summed E-state index contributed by atoms with van der Waals surface area (Å²) in [4.78, 5) is 43.3. The van der Waals surface area contributed by atoms with Gasteiger partial charge in [-0.2, -0.15) is 0 Å². The number of carbonyl (C=O) groups is 3. The molecule has 6 rings (SSSR count). The number of piperazine rings is 1. The number of ketones is 1. The van der Waals surface area contributed by atoms with Crippen molar-refractivity contribution in [3.63, 3.8) is 0 Å². The van der Waals surface area contributed by atoms with Crippen molar-refractivity contribution in [1.82, 2.24) is 4.90 Å². The minimum absolute atomic E-state index is 0.236. The number of nitrogens with one attached hydrogen (secondary N) is 4. The standard InChI is InChI=1S/C34H31ClN6O3/c1-40-15-17-41(18-16-40)28-12-10-25(11-13-28)36-21-30-29-14-5-23(20-31(29)39-33(30)43)32(42)22-3-2-4-27(19-22)38-34(44)37-26-8-6-24(35)7-9-26/h2-14,19-21,36H,15-18H2,1H3,(H,39,43)(H2,37,38,44)/b30-21+. The first-order valence-electron chi connectivity index (χ1n) is 14.3. The zero-order valence-electron chi connectivity index (χ0n) is 24.1. The minimum atomic E-state index is -0.448. The topological polar surface area (TPSA) is 106 Å². The van der Waals surface area contributed by atoms with Crippen molar-refractivity contribution in [3.8, 4) is 0 Å². The number of rotatable bonds is 7. The second kappa shape index (κ2) is 12.6. The van der Waals surface area contributed by atoms with Crippen LogP contribution in [0.3, 0.4) is 0 Å². The van der Waals surface area contributed by atoms with E-state index in [1.165, 1.54) is 5.69 Å². The number of benzene rings is 4.